The average Bonchev–Trinajstić information content (AvgIpc) is 3.15. The molecule has 2 aromatic rings. The van der Waals surface area contributed by atoms with E-state index in [1.54, 1.807) is 12.3 Å². The molecule has 0 atom stereocenters. The smallest absolute Gasteiger partial charge is 0.270 e. The normalized spacial score (nSPS) is 16.7. The van der Waals surface area contributed by atoms with Crippen molar-refractivity contribution < 1.29 is 14.3 Å². The summed E-state index contributed by atoms with van der Waals surface area (Å²) >= 11 is 0. The molecule has 1 saturated heterocycles. The van der Waals surface area contributed by atoms with Gasteiger partial charge < -0.3 is 19.7 Å². The Morgan fingerprint density at radius 1 is 1.10 bits per heavy atom. The summed E-state index contributed by atoms with van der Waals surface area (Å²) in [6.45, 7) is 10.4. The summed E-state index contributed by atoms with van der Waals surface area (Å²) in [5.41, 5.74) is 1.30. The molecule has 1 fully saturated rings. The molecule has 1 aromatic carbocycles. The van der Waals surface area contributed by atoms with Crippen LogP contribution in [0, 0.1) is 0 Å². The van der Waals surface area contributed by atoms with Gasteiger partial charge >= 0.3 is 0 Å². The van der Waals surface area contributed by atoms with Gasteiger partial charge in [0, 0.05) is 44.5 Å². The Balaban J connectivity index is 1.35. The van der Waals surface area contributed by atoms with Crippen molar-refractivity contribution in [2.75, 3.05) is 37.9 Å². The summed E-state index contributed by atoms with van der Waals surface area (Å²) in [6, 6.07) is 7.76. The van der Waals surface area contributed by atoms with Crippen LogP contribution in [0.3, 0.4) is 0 Å². The van der Waals surface area contributed by atoms with Gasteiger partial charge in [0.25, 0.3) is 5.91 Å². The fourth-order valence-corrected chi connectivity index (χ4v) is 3.44. The molecule has 1 aromatic heterocycles. The molecule has 2 aliphatic heterocycles. The summed E-state index contributed by atoms with van der Waals surface area (Å²) in [6.07, 6.45) is 1.65. The Morgan fingerprint density at radius 3 is 2.62 bits per heavy atom. The van der Waals surface area contributed by atoms with Crippen molar-refractivity contribution >= 4 is 11.9 Å². The minimum absolute atomic E-state index is 0.178. The van der Waals surface area contributed by atoms with Crippen LogP contribution in [-0.2, 0) is 6.54 Å². The number of nitrogens with one attached hydrogen (secondary N) is 1. The Bertz CT molecular complexity index is 888. The van der Waals surface area contributed by atoms with Crippen molar-refractivity contribution in [2.45, 2.75) is 32.9 Å². The number of carbonyl (C=O) groups is 1. The molecular weight excluding hydrogens is 370 g/mol. The highest BCUT2D eigenvalue weighted by atomic mass is 16.7. The molecule has 1 amide bonds. The van der Waals surface area contributed by atoms with Crippen molar-refractivity contribution in [3.8, 4) is 11.5 Å². The number of ether oxygens (including phenoxy) is 2. The van der Waals surface area contributed by atoms with Gasteiger partial charge in [-0.3, -0.25) is 9.69 Å². The van der Waals surface area contributed by atoms with Crippen LogP contribution in [0.15, 0.2) is 30.5 Å². The van der Waals surface area contributed by atoms with E-state index in [1.807, 2.05) is 26.8 Å². The zero-order valence-corrected chi connectivity index (χ0v) is 17.1. The molecule has 8 heteroatoms. The van der Waals surface area contributed by atoms with Crippen LogP contribution >= 0.6 is 0 Å². The van der Waals surface area contributed by atoms with Crippen molar-refractivity contribution in [1.82, 2.24) is 20.2 Å². The SMILES string of the molecule is CC(C)(C)NC(=O)c1ccnc(N2CCN(Cc3ccc4c(c3)OCO4)CC2)n1. The second kappa shape index (κ2) is 7.87. The van der Waals surface area contributed by atoms with Crippen molar-refractivity contribution in [2.24, 2.45) is 0 Å². The monoisotopic (exact) mass is 397 g/mol. The van der Waals surface area contributed by atoms with E-state index in [4.69, 9.17) is 9.47 Å². The quantitative estimate of drug-likeness (QED) is 0.846. The molecule has 0 radical (unpaired) electrons. The van der Waals surface area contributed by atoms with E-state index >= 15 is 0 Å². The van der Waals surface area contributed by atoms with Crippen molar-refractivity contribution in [3.63, 3.8) is 0 Å². The van der Waals surface area contributed by atoms with Crippen LogP contribution in [0.5, 0.6) is 11.5 Å². The first-order chi connectivity index (χ1) is 13.9. The maximum absolute atomic E-state index is 12.4. The first-order valence-electron chi connectivity index (χ1n) is 9.89. The minimum atomic E-state index is -0.303. The summed E-state index contributed by atoms with van der Waals surface area (Å²) in [7, 11) is 0. The van der Waals surface area contributed by atoms with Gasteiger partial charge in [-0.15, -0.1) is 0 Å². The predicted octanol–water partition coefficient (Wildman–Crippen LogP) is 2.06. The number of carbonyl (C=O) groups excluding carboxylic acids is 1. The molecule has 3 heterocycles. The average molecular weight is 397 g/mol. The van der Waals surface area contributed by atoms with Crippen molar-refractivity contribution in [3.05, 3.63) is 41.7 Å². The molecule has 154 valence electrons. The Labute approximate surface area is 170 Å². The van der Waals surface area contributed by atoms with Crippen LogP contribution in [0.4, 0.5) is 5.95 Å². The lowest BCUT2D eigenvalue weighted by Crippen LogP contribution is -2.46. The summed E-state index contributed by atoms with van der Waals surface area (Å²) in [4.78, 5) is 25.8. The fraction of sp³-hybridized carbons (Fsp3) is 0.476. The molecule has 0 saturated carbocycles. The Hall–Kier alpha value is -2.87. The second-order valence-corrected chi connectivity index (χ2v) is 8.40. The molecule has 0 unspecified atom stereocenters. The van der Waals surface area contributed by atoms with Gasteiger partial charge in [-0.25, -0.2) is 9.97 Å². The number of aromatic nitrogens is 2. The van der Waals surface area contributed by atoms with Gasteiger partial charge in [-0.05, 0) is 44.5 Å². The first-order valence-corrected chi connectivity index (χ1v) is 9.89. The van der Waals surface area contributed by atoms with E-state index in [-0.39, 0.29) is 11.4 Å². The molecule has 8 nitrogen and oxygen atoms in total. The number of piperazine rings is 1. The van der Waals surface area contributed by atoms with Crippen molar-refractivity contribution in [1.29, 1.82) is 0 Å². The van der Waals surface area contributed by atoms with Gasteiger partial charge in [0.15, 0.2) is 11.5 Å². The number of amides is 1. The Kier molecular flexibility index (Phi) is 5.27. The molecule has 0 spiro atoms. The van der Waals surface area contributed by atoms with Crippen LogP contribution in [0.1, 0.15) is 36.8 Å². The first kappa shape index (κ1) is 19.4. The van der Waals surface area contributed by atoms with Gasteiger partial charge in [-0.2, -0.15) is 0 Å². The zero-order chi connectivity index (χ0) is 20.4. The molecule has 4 rings (SSSR count). The molecule has 0 aliphatic carbocycles. The highest BCUT2D eigenvalue weighted by Gasteiger charge is 2.22. The molecule has 2 aliphatic rings. The van der Waals surface area contributed by atoms with E-state index in [2.05, 4.69) is 37.2 Å². The maximum atomic E-state index is 12.4. The fourth-order valence-electron chi connectivity index (χ4n) is 3.44. The molecule has 29 heavy (non-hydrogen) atoms. The number of fused-ring (bicyclic) bond motifs is 1. The van der Waals surface area contributed by atoms with E-state index in [0.717, 1.165) is 44.2 Å². The highest BCUT2D eigenvalue weighted by Crippen LogP contribution is 2.32. The predicted molar refractivity (Wildman–Crippen MR) is 109 cm³/mol. The number of anilines is 1. The summed E-state index contributed by atoms with van der Waals surface area (Å²) in [5.74, 6) is 2.06. The molecular formula is C21H27N5O3. The highest BCUT2D eigenvalue weighted by molar-refractivity contribution is 5.92. The van der Waals surface area contributed by atoms with Crippen LogP contribution in [0.2, 0.25) is 0 Å². The third-order valence-electron chi connectivity index (χ3n) is 4.86. The number of benzene rings is 1. The van der Waals surface area contributed by atoms with Crippen LogP contribution < -0.4 is 19.7 Å². The summed E-state index contributed by atoms with van der Waals surface area (Å²) < 4.78 is 10.8. The third-order valence-corrected chi connectivity index (χ3v) is 4.86. The standard InChI is InChI=1S/C21H27N5O3/c1-21(2,3)24-19(27)16-6-7-22-20(23-16)26-10-8-25(9-11-26)13-15-4-5-17-18(12-15)29-14-28-17/h4-7,12H,8-11,13-14H2,1-3H3,(H,24,27). The van der Waals surface area contributed by atoms with Gasteiger partial charge in [0.05, 0.1) is 0 Å². The van der Waals surface area contributed by atoms with Gasteiger partial charge in [0.1, 0.15) is 5.69 Å². The lowest BCUT2D eigenvalue weighted by atomic mass is 10.1. The van der Waals surface area contributed by atoms with E-state index < -0.39 is 0 Å². The Morgan fingerprint density at radius 2 is 1.86 bits per heavy atom. The van der Waals surface area contributed by atoms with Crippen LogP contribution in [-0.4, -0.2) is 59.3 Å². The van der Waals surface area contributed by atoms with Crippen LogP contribution in [0.25, 0.3) is 0 Å². The number of hydrogen-bond acceptors (Lipinski definition) is 7. The number of nitrogens with zero attached hydrogens (tertiary/aromatic N) is 4. The number of rotatable bonds is 4. The lowest BCUT2D eigenvalue weighted by Gasteiger charge is -2.34. The van der Waals surface area contributed by atoms with Gasteiger partial charge in [-0.1, -0.05) is 6.07 Å². The maximum Gasteiger partial charge on any atom is 0.270 e. The molecule has 0 bridgehead atoms. The minimum Gasteiger partial charge on any atom is -0.454 e. The van der Waals surface area contributed by atoms with Gasteiger partial charge in [0.2, 0.25) is 12.7 Å². The molecule has 1 N–H and O–H groups in total. The number of hydrogen-bond donors (Lipinski definition) is 1. The lowest BCUT2D eigenvalue weighted by molar-refractivity contribution is 0.0914. The zero-order valence-electron chi connectivity index (χ0n) is 17.1. The third kappa shape index (κ3) is 4.76. The van der Waals surface area contributed by atoms with E-state index in [9.17, 15) is 4.79 Å². The van der Waals surface area contributed by atoms with E-state index in [1.165, 1.54) is 5.56 Å². The second-order valence-electron chi connectivity index (χ2n) is 8.40. The summed E-state index contributed by atoms with van der Waals surface area (Å²) in [5, 5.41) is 2.94. The topological polar surface area (TPSA) is 79.8 Å². The van der Waals surface area contributed by atoms with E-state index in [0.29, 0.717) is 18.4 Å². The largest absolute Gasteiger partial charge is 0.454 e.